The number of nitrogens with zero attached hydrogens (tertiary/aromatic N) is 1. The lowest BCUT2D eigenvalue weighted by atomic mass is 10.1. The predicted octanol–water partition coefficient (Wildman–Crippen LogP) is 1.92. The van der Waals surface area contributed by atoms with Crippen LogP contribution in [0.3, 0.4) is 0 Å². The molecule has 1 aliphatic heterocycles. The fraction of sp³-hybridized carbons (Fsp3) is 0.143. The van der Waals surface area contributed by atoms with Gasteiger partial charge in [-0.3, -0.25) is 4.79 Å². The van der Waals surface area contributed by atoms with Crippen molar-refractivity contribution in [1.82, 2.24) is 9.97 Å². The lowest BCUT2D eigenvalue weighted by Gasteiger charge is -2.09. The Labute approximate surface area is 115 Å². The van der Waals surface area contributed by atoms with Crippen LogP contribution in [0.25, 0.3) is 11.6 Å². The highest BCUT2D eigenvalue weighted by molar-refractivity contribution is 6.35. The number of anilines is 1. The number of aromatic nitrogens is 2. The third-order valence-corrected chi connectivity index (χ3v) is 3.13. The van der Waals surface area contributed by atoms with Gasteiger partial charge in [-0.05, 0) is 12.1 Å². The zero-order valence-electron chi connectivity index (χ0n) is 11.1. The van der Waals surface area contributed by atoms with Crippen LogP contribution in [0.4, 0.5) is 5.69 Å². The van der Waals surface area contributed by atoms with E-state index in [2.05, 4.69) is 15.3 Å². The van der Waals surface area contributed by atoms with Crippen LogP contribution < -0.4 is 14.8 Å². The summed E-state index contributed by atoms with van der Waals surface area (Å²) in [7, 11) is 3.12. The number of carbonyl (C=O) groups is 1. The normalized spacial score (nSPS) is 15.1. The van der Waals surface area contributed by atoms with Gasteiger partial charge in [0, 0.05) is 11.6 Å². The summed E-state index contributed by atoms with van der Waals surface area (Å²) in [6.07, 6.45) is 4.97. The van der Waals surface area contributed by atoms with E-state index in [9.17, 15) is 4.79 Å². The summed E-state index contributed by atoms with van der Waals surface area (Å²) in [4.78, 5) is 18.9. The van der Waals surface area contributed by atoms with Crippen LogP contribution in [0.15, 0.2) is 24.7 Å². The van der Waals surface area contributed by atoms with Gasteiger partial charge in [-0.2, -0.15) is 0 Å². The molecule has 3 rings (SSSR count). The van der Waals surface area contributed by atoms with Gasteiger partial charge in [0.2, 0.25) is 0 Å². The Hall–Kier alpha value is -2.76. The number of aromatic amines is 1. The molecule has 2 heterocycles. The van der Waals surface area contributed by atoms with Gasteiger partial charge in [-0.1, -0.05) is 0 Å². The number of H-pyrrole nitrogens is 1. The molecule has 0 unspecified atom stereocenters. The van der Waals surface area contributed by atoms with E-state index >= 15 is 0 Å². The van der Waals surface area contributed by atoms with Crippen molar-refractivity contribution in [2.45, 2.75) is 0 Å². The molecule has 20 heavy (non-hydrogen) atoms. The first kappa shape index (κ1) is 12.3. The number of methoxy groups -OCH3 is 2. The van der Waals surface area contributed by atoms with E-state index in [1.165, 1.54) is 0 Å². The Kier molecular flexibility index (Phi) is 2.90. The van der Waals surface area contributed by atoms with Crippen LogP contribution in [0.5, 0.6) is 11.5 Å². The molecule has 1 aliphatic rings. The van der Waals surface area contributed by atoms with Crippen LogP contribution in [0.2, 0.25) is 0 Å². The molecule has 0 aliphatic carbocycles. The number of carbonyl (C=O) groups excluding carboxylic acids is 1. The first-order chi connectivity index (χ1) is 9.72. The molecule has 0 bridgehead atoms. The Morgan fingerprint density at radius 2 is 1.95 bits per heavy atom. The third kappa shape index (κ3) is 1.91. The molecule has 2 aromatic rings. The molecule has 1 aromatic heterocycles. The van der Waals surface area contributed by atoms with E-state index in [4.69, 9.17) is 9.47 Å². The molecule has 6 nitrogen and oxygen atoms in total. The van der Waals surface area contributed by atoms with Gasteiger partial charge in [0.05, 0.1) is 43.7 Å². The van der Waals surface area contributed by atoms with Crippen molar-refractivity contribution in [1.29, 1.82) is 0 Å². The predicted molar refractivity (Wildman–Crippen MR) is 74.6 cm³/mol. The van der Waals surface area contributed by atoms with E-state index < -0.39 is 0 Å². The van der Waals surface area contributed by atoms with Crippen LogP contribution in [0.1, 0.15) is 11.3 Å². The van der Waals surface area contributed by atoms with Crippen molar-refractivity contribution >= 4 is 23.2 Å². The Morgan fingerprint density at radius 3 is 2.60 bits per heavy atom. The fourth-order valence-electron chi connectivity index (χ4n) is 2.16. The average Bonchev–Trinajstić information content (AvgIpc) is 3.06. The average molecular weight is 271 g/mol. The standard InChI is InChI=1S/C14H13N3O3/c1-19-12-4-9-10(3-8-6-15-7-16-8)14(18)17-11(9)5-13(12)20-2/h3-7H,1-2H3,(H,15,16)(H,17,18)/b10-3+. The summed E-state index contributed by atoms with van der Waals surface area (Å²) in [5.74, 6) is 0.998. The van der Waals surface area contributed by atoms with E-state index in [1.807, 2.05) is 0 Å². The van der Waals surface area contributed by atoms with E-state index in [1.54, 1.807) is 45.0 Å². The maximum Gasteiger partial charge on any atom is 0.256 e. The molecule has 0 fully saturated rings. The number of benzene rings is 1. The molecular weight excluding hydrogens is 258 g/mol. The van der Waals surface area contributed by atoms with Crippen LogP contribution in [0, 0.1) is 0 Å². The number of nitrogens with one attached hydrogen (secondary N) is 2. The van der Waals surface area contributed by atoms with Crippen molar-refractivity contribution in [2.75, 3.05) is 19.5 Å². The van der Waals surface area contributed by atoms with Gasteiger partial charge in [0.15, 0.2) is 11.5 Å². The molecule has 0 saturated heterocycles. The minimum absolute atomic E-state index is 0.162. The Bertz CT molecular complexity index is 690. The zero-order valence-corrected chi connectivity index (χ0v) is 11.1. The van der Waals surface area contributed by atoms with Crippen molar-refractivity contribution < 1.29 is 14.3 Å². The zero-order chi connectivity index (χ0) is 14.1. The molecule has 102 valence electrons. The second-order valence-electron chi connectivity index (χ2n) is 4.27. The first-order valence-electron chi connectivity index (χ1n) is 6.00. The second kappa shape index (κ2) is 4.73. The number of ether oxygens (including phenoxy) is 2. The largest absolute Gasteiger partial charge is 0.493 e. The summed E-state index contributed by atoms with van der Waals surface area (Å²) in [6, 6.07) is 3.54. The summed E-state index contributed by atoms with van der Waals surface area (Å²) >= 11 is 0. The number of imidazole rings is 1. The van der Waals surface area contributed by atoms with Crippen LogP contribution in [-0.4, -0.2) is 30.1 Å². The highest BCUT2D eigenvalue weighted by Gasteiger charge is 2.26. The van der Waals surface area contributed by atoms with Crippen molar-refractivity contribution in [3.8, 4) is 11.5 Å². The molecular formula is C14H13N3O3. The smallest absolute Gasteiger partial charge is 0.256 e. The second-order valence-corrected chi connectivity index (χ2v) is 4.27. The number of amides is 1. The number of rotatable bonds is 3. The molecule has 0 atom stereocenters. The van der Waals surface area contributed by atoms with Gasteiger partial charge in [-0.25, -0.2) is 4.98 Å². The molecule has 0 saturated carbocycles. The maximum atomic E-state index is 12.1. The molecule has 2 N–H and O–H groups in total. The summed E-state index contributed by atoms with van der Waals surface area (Å²) in [6.45, 7) is 0. The Balaban J connectivity index is 2.12. The summed E-state index contributed by atoms with van der Waals surface area (Å²) in [5, 5.41) is 2.81. The monoisotopic (exact) mass is 271 g/mol. The molecule has 1 amide bonds. The van der Waals surface area contributed by atoms with Crippen molar-refractivity contribution in [3.05, 3.63) is 35.9 Å². The fourth-order valence-corrected chi connectivity index (χ4v) is 2.16. The highest BCUT2D eigenvalue weighted by atomic mass is 16.5. The minimum Gasteiger partial charge on any atom is -0.493 e. The molecule has 0 radical (unpaired) electrons. The van der Waals surface area contributed by atoms with Gasteiger partial charge < -0.3 is 19.8 Å². The van der Waals surface area contributed by atoms with E-state index in [-0.39, 0.29) is 5.91 Å². The number of hydrogen-bond donors (Lipinski definition) is 2. The lowest BCUT2D eigenvalue weighted by Crippen LogP contribution is -2.03. The molecule has 6 heteroatoms. The molecule has 0 spiro atoms. The van der Waals surface area contributed by atoms with E-state index in [0.29, 0.717) is 22.8 Å². The van der Waals surface area contributed by atoms with Gasteiger partial charge >= 0.3 is 0 Å². The van der Waals surface area contributed by atoms with Crippen molar-refractivity contribution in [2.24, 2.45) is 0 Å². The van der Waals surface area contributed by atoms with Crippen molar-refractivity contribution in [3.63, 3.8) is 0 Å². The van der Waals surface area contributed by atoms with Crippen LogP contribution >= 0.6 is 0 Å². The maximum absolute atomic E-state index is 12.1. The van der Waals surface area contributed by atoms with Gasteiger partial charge in [0.1, 0.15) is 0 Å². The summed E-state index contributed by atoms with van der Waals surface area (Å²) in [5.41, 5.74) is 2.81. The number of fused-ring (bicyclic) bond motifs is 1. The van der Waals surface area contributed by atoms with Crippen LogP contribution in [-0.2, 0) is 4.79 Å². The minimum atomic E-state index is -0.162. The summed E-state index contributed by atoms with van der Waals surface area (Å²) < 4.78 is 10.5. The number of hydrogen-bond acceptors (Lipinski definition) is 4. The van der Waals surface area contributed by atoms with Gasteiger partial charge in [0.25, 0.3) is 5.91 Å². The third-order valence-electron chi connectivity index (χ3n) is 3.13. The molecule has 1 aromatic carbocycles. The lowest BCUT2D eigenvalue weighted by molar-refractivity contribution is -0.110. The first-order valence-corrected chi connectivity index (χ1v) is 6.00. The Morgan fingerprint density at radius 1 is 1.20 bits per heavy atom. The van der Waals surface area contributed by atoms with Gasteiger partial charge in [-0.15, -0.1) is 0 Å². The quantitative estimate of drug-likeness (QED) is 0.836. The highest BCUT2D eigenvalue weighted by Crippen LogP contribution is 2.40. The topological polar surface area (TPSA) is 76.2 Å². The SMILES string of the molecule is COc1cc2c(cc1OC)/C(=C\c1cnc[nH]1)C(=O)N2. The van der Waals surface area contributed by atoms with E-state index in [0.717, 1.165) is 11.3 Å².